The van der Waals surface area contributed by atoms with Crippen molar-refractivity contribution in [3.8, 4) is 5.75 Å². The summed E-state index contributed by atoms with van der Waals surface area (Å²) in [5.74, 6) is -0.698. The molecule has 0 bridgehead atoms. The number of rotatable bonds is 13. The Kier molecular flexibility index (Phi) is 11.9. The molecule has 0 saturated carbocycles. The Morgan fingerprint density at radius 2 is 1.77 bits per heavy atom. The lowest BCUT2D eigenvalue weighted by atomic mass is 9.99. The summed E-state index contributed by atoms with van der Waals surface area (Å²) in [6.07, 6.45) is 2.97. The normalized spacial score (nSPS) is 17.8. The number of likely N-dealkylation sites (N-methyl/N-ethyl adjacent to an activating group) is 1. The van der Waals surface area contributed by atoms with Crippen molar-refractivity contribution in [2.45, 2.75) is 58.1 Å². The lowest BCUT2D eigenvalue weighted by molar-refractivity contribution is -0.116. The van der Waals surface area contributed by atoms with E-state index in [4.69, 9.17) is 10.5 Å². The maximum atomic E-state index is 13.6. The van der Waals surface area contributed by atoms with Gasteiger partial charge in [0.2, 0.25) is 21.8 Å². The van der Waals surface area contributed by atoms with Crippen LogP contribution in [0.3, 0.4) is 0 Å². The predicted molar refractivity (Wildman–Crippen MR) is 166 cm³/mol. The summed E-state index contributed by atoms with van der Waals surface area (Å²) in [7, 11) is -1.99. The van der Waals surface area contributed by atoms with E-state index in [2.05, 4.69) is 10.6 Å². The molecule has 0 spiro atoms. The fourth-order valence-corrected chi connectivity index (χ4v) is 5.12. The number of hydrogen-bond donors (Lipinski definition) is 4. The van der Waals surface area contributed by atoms with Gasteiger partial charge in [0.25, 0.3) is 5.91 Å². The Morgan fingerprint density at radius 1 is 1.12 bits per heavy atom. The third-order valence-electron chi connectivity index (χ3n) is 7.49. The Balaban J connectivity index is 1.62. The zero-order valence-electron chi connectivity index (χ0n) is 25.2. The SMILES string of the molecule is C[C@@H]1CN([C@H](C)CO)C(=O)c2cc(NC(=O)CCCCCC(=O)Nc3ccccc3N)ccc2O[C@@H]1CN(C)S(C)(=O)=O. The minimum Gasteiger partial charge on any atom is -0.488 e. The number of unbranched alkanes of at least 4 members (excludes halogenated alkanes) is 2. The van der Waals surface area contributed by atoms with Crippen molar-refractivity contribution in [2.24, 2.45) is 5.92 Å². The molecule has 5 N–H and O–H groups in total. The number of hydrogen-bond acceptors (Lipinski definition) is 8. The van der Waals surface area contributed by atoms with Gasteiger partial charge in [0.15, 0.2) is 0 Å². The van der Waals surface area contributed by atoms with Gasteiger partial charge in [0.1, 0.15) is 11.9 Å². The largest absolute Gasteiger partial charge is 0.488 e. The fraction of sp³-hybridized carbons (Fsp3) is 0.500. The molecule has 2 aromatic rings. The summed E-state index contributed by atoms with van der Waals surface area (Å²) in [6.45, 7) is 3.68. The van der Waals surface area contributed by atoms with Gasteiger partial charge < -0.3 is 31.1 Å². The van der Waals surface area contributed by atoms with Crippen LogP contribution >= 0.6 is 0 Å². The quantitative estimate of drug-likeness (QED) is 0.196. The summed E-state index contributed by atoms with van der Waals surface area (Å²) in [5.41, 5.74) is 7.55. The molecule has 0 unspecified atom stereocenters. The van der Waals surface area contributed by atoms with Crippen molar-refractivity contribution in [3.63, 3.8) is 0 Å². The molecule has 1 aliphatic heterocycles. The highest BCUT2D eigenvalue weighted by Crippen LogP contribution is 2.31. The van der Waals surface area contributed by atoms with Gasteiger partial charge in [-0.15, -0.1) is 0 Å². The molecule has 13 heteroatoms. The number of benzene rings is 2. The average Bonchev–Trinajstić information content (AvgIpc) is 2.95. The van der Waals surface area contributed by atoms with Crippen molar-refractivity contribution in [2.75, 3.05) is 49.4 Å². The molecule has 236 valence electrons. The number of fused-ring (bicyclic) bond motifs is 1. The van der Waals surface area contributed by atoms with E-state index in [1.165, 1.54) is 11.4 Å². The molecule has 2 aromatic carbocycles. The molecule has 0 aliphatic carbocycles. The molecule has 0 aromatic heterocycles. The molecule has 43 heavy (non-hydrogen) atoms. The van der Waals surface area contributed by atoms with Crippen LogP contribution in [0.1, 0.15) is 56.3 Å². The van der Waals surface area contributed by atoms with E-state index in [0.29, 0.717) is 42.7 Å². The minimum absolute atomic E-state index is 0.0788. The van der Waals surface area contributed by atoms with Crippen LogP contribution in [0, 0.1) is 5.92 Å². The first-order chi connectivity index (χ1) is 20.3. The first kappa shape index (κ1) is 33.8. The molecular weight excluding hydrogens is 574 g/mol. The number of nitrogens with one attached hydrogen (secondary N) is 2. The predicted octanol–water partition coefficient (Wildman–Crippen LogP) is 2.91. The van der Waals surface area contributed by atoms with E-state index in [1.54, 1.807) is 54.3 Å². The highest BCUT2D eigenvalue weighted by Gasteiger charge is 2.34. The van der Waals surface area contributed by atoms with Gasteiger partial charge in [0, 0.05) is 38.0 Å². The summed E-state index contributed by atoms with van der Waals surface area (Å²) in [5, 5.41) is 15.4. The second kappa shape index (κ2) is 15.2. The Hall–Kier alpha value is -3.68. The van der Waals surface area contributed by atoms with Crippen LogP contribution in [-0.2, 0) is 19.6 Å². The van der Waals surface area contributed by atoms with E-state index in [9.17, 15) is 27.9 Å². The van der Waals surface area contributed by atoms with Gasteiger partial charge in [-0.25, -0.2) is 12.7 Å². The van der Waals surface area contributed by atoms with Crippen LogP contribution < -0.4 is 21.1 Å². The highest BCUT2D eigenvalue weighted by molar-refractivity contribution is 7.88. The van der Waals surface area contributed by atoms with E-state index >= 15 is 0 Å². The summed E-state index contributed by atoms with van der Waals surface area (Å²) >= 11 is 0. The van der Waals surface area contributed by atoms with Crippen molar-refractivity contribution < 1.29 is 32.6 Å². The lowest BCUT2D eigenvalue weighted by Gasteiger charge is -2.38. The average molecular weight is 618 g/mol. The van der Waals surface area contributed by atoms with Gasteiger partial charge in [0.05, 0.1) is 42.4 Å². The van der Waals surface area contributed by atoms with Crippen LogP contribution in [-0.4, -0.2) is 85.6 Å². The number of para-hydroxylation sites is 2. The van der Waals surface area contributed by atoms with Gasteiger partial charge in [-0.2, -0.15) is 0 Å². The summed E-state index contributed by atoms with van der Waals surface area (Å²) in [4.78, 5) is 40.0. The maximum Gasteiger partial charge on any atom is 0.258 e. The van der Waals surface area contributed by atoms with Crippen molar-refractivity contribution in [1.29, 1.82) is 0 Å². The molecule has 1 heterocycles. The maximum absolute atomic E-state index is 13.6. The van der Waals surface area contributed by atoms with E-state index < -0.39 is 22.2 Å². The topological polar surface area (TPSA) is 171 Å². The number of carbonyl (C=O) groups excluding carboxylic acids is 3. The number of aliphatic hydroxyl groups is 1. The molecule has 3 rings (SSSR count). The summed E-state index contributed by atoms with van der Waals surface area (Å²) in [6, 6.07) is 11.3. The molecule has 1 aliphatic rings. The minimum atomic E-state index is -3.46. The van der Waals surface area contributed by atoms with E-state index in [1.807, 2.05) is 6.92 Å². The van der Waals surface area contributed by atoms with Crippen molar-refractivity contribution >= 4 is 44.8 Å². The zero-order valence-corrected chi connectivity index (χ0v) is 26.0. The van der Waals surface area contributed by atoms with Crippen LogP contribution in [0.2, 0.25) is 0 Å². The number of aliphatic hydroxyl groups excluding tert-OH is 1. The van der Waals surface area contributed by atoms with Crippen LogP contribution in [0.25, 0.3) is 0 Å². The molecule has 3 amide bonds. The van der Waals surface area contributed by atoms with Crippen LogP contribution in [0.4, 0.5) is 17.1 Å². The molecule has 0 saturated heterocycles. The summed E-state index contributed by atoms with van der Waals surface area (Å²) < 4.78 is 31.5. The van der Waals surface area contributed by atoms with Crippen molar-refractivity contribution in [1.82, 2.24) is 9.21 Å². The number of nitrogens with zero attached hydrogens (tertiary/aromatic N) is 2. The highest BCUT2D eigenvalue weighted by atomic mass is 32.2. The second-order valence-electron chi connectivity index (χ2n) is 11.1. The van der Waals surface area contributed by atoms with E-state index in [0.717, 1.165) is 6.26 Å². The number of ether oxygens (including phenoxy) is 1. The van der Waals surface area contributed by atoms with Gasteiger partial charge >= 0.3 is 0 Å². The molecule has 0 radical (unpaired) electrons. The molecule has 3 atom stereocenters. The second-order valence-corrected chi connectivity index (χ2v) is 13.2. The number of anilines is 3. The van der Waals surface area contributed by atoms with Crippen LogP contribution in [0.15, 0.2) is 42.5 Å². The zero-order chi connectivity index (χ0) is 31.7. The Morgan fingerprint density at radius 3 is 2.40 bits per heavy atom. The fourth-order valence-electron chi connectivity index (χ4n) is 4.70. The lowest BCUT2D eigenvalue weighted by Crippen LogP contribution is -2.50. The Labute approximate surface area is 253 Å². The third kappa shape index (κ3) is 9.66. The number of amides is 3. The number of sulfonamides is 1. The number of nitrogen functional groups attached to an aromatic ring is 1. The third-order valence-corrected chi connectivity index (χ3v) is 8.78. The Bertz CT molecular complexity index is 1400. The first-order valence-electron chi connectivity index (χ1n) is 14.4. The van der Waals surface area contributed by atoms with E-state index in [-0.39, 0.29) is 61.1 Å². The van der Waals surface area contributed by atoms with Crippen LogP contribution in [0.5, 0.6) is 5.75 Å². The monoisotopic (exact) mass is 617 g/mol. The number of carbonyl (C=O) groups is 3. The smallest absolute Gasteiger partial charge is 0.258 e. The van der Waals surface area contributed by atoms with Crippen molar-refractivity contribution in [3.05, 3.63) is 48.0 Å². The first-order valence-corrected chi connectivity index (χ1v) is 16.2. The molecular formula is C30H43N5O7S. The molecule has 12 nitrogen and oxygen atoms in total. The van der Waals surface area contributed by atoms with Gasteiger partial charge in [-0.3, -0.25) is 14.4 Å². The van der Waals surface area contributed by atoms with Gasteiger partial charge in [-0.1, -0.05) is 25.5 Å². The number of nitrogens with two attached hydrogens (primary N) is 1. The standard InChI is InChI=1S/C30H43N5O7S/c1-20-17-35(21(2)19-36)30(39)23-16-22(14-15-26(23)42-27(20)18-34(3)43(4,40)41)32-28(37)12-6-5-7-13-29(38)33-25-11-9-8-10-24(25)31/h8-11,14-16,20-21,27,36H,5-7,12-13,17-19,31H2,1-4H3,(H,32,37)(H,33,38)/t20-,21-,27-/m1/s1. The molecule has 0 fully saturated rings. The van der Waals surface area contributed by atoms with Gasteiger partial charge in [-0.05, 0) is 50.1 Å².